The van der Waals surface area contributed by atoms with Crippen LogP contribution in [-0.2, 0) is 11.3 Å². The first-order valence-corrected chi connectivity index (χ1v) is 7.44. The minimum absolute atomic E-state index is 0.108. The van der Waals surface area contributed by atoms with Crippen molar-refractivity contribution in [3.63, 3.8) is 0 Å². The zero-order valence-corrected chi connectivity index (χ0v) is 11.9. The normalized spacial score (nSPS) is 10.4. The van der Waals surface area contributed by atoms with Crippen molar-refractivity contribution in [1.82, 2.24) is 10.3 Å². The molecular formula is C15H18N2OS. The molecule has 0 aliphatic heterocycles. The second-order valence-electron chi connectivity index (χ2n) is 4.39. The summed E-state index contributed by atoms with van der Waals surface area (Å²) in [7, 11) is 0. The van der Waals surface area contributed by atoms with Crippen LogP contribution in [0.1, 0.15) is 31.9 Å². The number of carbonyl (C=O) groups is 1. The van der Waals surface area contributed by atoms with Crippen LogP contribution in [0, 0.1) is 0 Å². The lowest BCUT2D eigenvalue weighted by Gasteiger charge is -2.01. The van der Waals surface area contributed by atoms with Crippen LogP contribution in [-0.4, -0.2) is 10.9 Å². The van der Waals surface area contributed by atoms with Crippen LogP contribution >= 0.6 is 11.3 Å². The van der Waals surface area contributed by atoms with E-state index in [0.717, 1.165) is 29.1 Å². The third-order valence-corrected chi connectivity index (χ3v) is 3.74. The van der Waals surface area contributed by atoms with Crippen LogP contribution < -0.4 is 5.32 Å². The molecule has 0 radical (unpaired) electrons. The summed E-state index contributed by atoms with van der Waals surface area (Å²) < 4.78 is 0. The third-order valence-electron chi connectivity index (χ3n) is 2.80. The number of hydrogen-bond acceptors (Lipinski definition) is 3. The van der Waals surface area contributed by atoms with E-state index in [4.69, 9.17) is 0 Å². The van der Waals surface area contributed by atoms with E-state index >= 15 is 0 Å². The Bertz CT molecular complexity index is 522. The molecule has 4 heteroatoms. The van der Waals surface area contributed by atoms with Gasteiger partial charge in [0.25, 0.3) is 0 Å². The van der Waals surface area contributed by atoms with Crippen molar-refractivity contribution < 1.29 is 4.79 Å². The Morgan fingerprint density at radius 3 is 2.84 bits per heavy atom. The van der Waals surface area contributed by atoms with E-state index < -0.39 is 0 Å². The molecule has 0 saturated carbocycles. The summed E-state index contributed by atoms with van der Waals surface area (Å²) in [5.41, 5.74) is 2.05. The lowest BCUT2D eigenvalue weighted by molar-refractivity contribution is -0.121. The molecule has 2 rings (SSSR count). The fourth-order valence-electron chi connectivity index (χ4n) is 1.72. The zero-order valence-electron chi connectivity index (χ0n) is 11.1. The largest absolute Gasteiger partial charge is 0.350 e. The van der Waals surface area contributed by atoms with Gasteiger partial charge in [-0.3, -0.25) is 4.79 Å². The van der Waals surface area contributed by atoms with Crippen molar-refractivity contribution in [2.24, 2.45) is 0 Å². The molecule has 100 valence electrons. The van der Waals surface area contributed by atoms with Crippen LogP contribution in [0.2, 0.25) is 0 Å². The van der Waals surface area contributed by atoms with Gasteiger partial charge in [-0.05, 0) is 6.42 Å². The maximum atomic E-state index is 11.5. The molecule has 0 aliphatic rings. The first kappa shape index (κ1) is 13.7. The quantitative estimate of drug-likeness (QED) is 0.874. The number of nitrogens with one attached hydrogen (secondary N) is 1. The van der Waals surface area contributed by atoms with Crippen molar-refractivity contribution in [1.29, 1.82) is 0 Å². The van der Waals surface area contributed by atoms with E-state index in [9.17, 15) is 4.79 Å². The summed E-state index contributed by atoms with van der Waals surface area (Å²) in [5.74, 6) is 0.108. The SMILES string of the molecule is CCCCC(=O)NCc1csc(-c2ccccc2)n1. The van der Waals surface area contributed by atoms with Gasteiger partial charge in [0.15, 0.2) is 0 Å². The molecule has 1 amide bonds. The van der Waals surface area contributed by atoms with Gasteiger partial charge in [-0.25, -0.2) is 4.98 Å². The fourth-order valence-corrected chi connectivity index (χ4v) is 2.54. The second kappa shape index (κ2) is 7.04. The molecule has 1 heterocycles. The van der Waals surface area contributed by atoms with Gasteiger partial charge in [0, 0.05) is 17.4 Å². The Labute approximate surface area is 117 Å². The molecular weight excluding hydrogens is 256 g/mol. The monoisotopic (exact) mass is 274 g/mol. The maximum absolute atomic E-state index is 11.5. The Morgan fingerprint density at radius 1 is 1.32 bits per heavy atom. The van der Waals surface area contributed by atoms with Gasteiger partial charge >= 0.3 is 0 Å². The number of benzene rings is 1. The number of aromatic nitrogens is 1. The highest BCUT2D eigenvalue weighted by Crippen LogP contribution is 2.23. The molecule has 0 aliphatic carbocycles. The Kier molecular flexibility index (Phi) is 5.10. The molecule has 1 N–H and O–H groups in total. The first-order valence-electron chi connectivity index (χ1n) is 6.56. The summed E-state index contributed by atoms with van der Waals surface area (Å²) >= 11 is 1.61. The lowest BCUT2D eigenvalue weighted by Crippen LogP contribution is -2.22. The molecule has 2 aromatic rings. The molecule has 1 aromatic heterocycles. The van der Waals surface area contributed by atoms with E-state index in [-0.39, 0.29) is 5.91 Å². The van der Waals surface area contributed by atoms with Gasteiger partial charge in [0.2, 0.25) is 5.91 Å². The van der Waals surface area contributed by atoms with Crippen LogP contribution in [0.5, 0.6) is 0 Å². The number of rotatable bonds is 6. The zero-order chi connectivity index (χ0) is 13.5. The van der Waals surface area contributed by atoms with Crippen LogP contribution in [0.25, 0.3) is 10.6 Å². The van der Waals surface area contributed by atoms with E-state index in [1.54, 1.807) is 11.3 Å². The smallest absolute Gasteiger partial charge is 0.220 e. The minimum atomic E-state index is 0.108. The van der Waals surface area contributed by atoms with Gasteiger partial charge in [-0.15, -0.1) is 11.3 Å². The van der Waals surface area contributed by atoms with Crippen LogP contribution in [0.4, 0.5) is 0 Å². The highest BCUT2D eigenvalue weighted by Gasteiger charge is 2.05. The van der Waals surface area contributed by atoms with Gasteiger partial charge < -0.3 is 5.32 Å². The average molecular weight is 274 g/mol. The number of thiazole rings is 1. The molecule has 0 unspecified atom stereocenters. The molecule has 0 atom stereocenters. The predicted octanol–water partition coefficient (Wildman–Crippen LogP) is 3.62. The third kappa shape index (κ3) is 4.17. The molecule has 0 spiro atoms. The highest BCUT2D eigenvalue weighted by molar-refractivity contribution is 7.13. The molecule has 0 fully saturated rings. The van der Waals surface area contributed by atoms with Gasteiger partial charge in [0.05, 0.1) is 12.2 Å². The minimum Gasteiger partial charge on any atom is -0.350 e. The van der Waals surface area contributed by atoms with Crippen molar-refractivity contribution in [2.45, 2.75) is 32.7 Å². The van der Waals surface area contributed by atoms with Gasteiger partial charge in [0.1, 0.15) is 5.01 Å². The van der Waals surface area contributed by atoms with Crippen molar-refractivity contribution in [2.75, 3.05) is 0 Å². The average Bonchev–Trinajstić information content (AvgIpc) is 2.93. The first-order chi connectivity index (χ1) is 9.29. The predicted molar refractivity (Wildman–Crippen MR) is 78.9 cm³/mol. The molecule has 3 nitrogen and oxygen atoms in total. The van der Waals surface area contributed by atoms with E-state index in [2.05, 4.69) is 17.2 Å². The van der Waals surface area contributed by atoms with Crippen LogP contribution in [0.15, 0.2) is 35.7 Å². The Morgan fingerprint density at radius 2 is 2.11 bits per heavy atom. The fraction of sp³-hybridized carbons (Fsp3) is 0.333. The van der Waals surface area contributed by atoms with E-state index in [1.165, 1.54) is 0 Å². The number of hydrogen-bond donors (Lipinski definition) is 1. The van der Waals surface area contributed by atoms with E-state index in [0.29, 0.717) is 13.0 Å². The van der Waals surface area contributed by atoms with Crippen molar-refractivity contribution >= 4 is 17.2 Å². The summed E-state index contributed by atoms with van der Waals surface area (Å²) in [6.07, 6.45) is 2.59. The molecule has 0 saturated heterocycles. The summed E-state index contributed by atoms with van der Waals surface area (Å²) in [4.78, 5) is 16.1. The standard InChI is InChI=1S/C15H18N2OS/c1-2-3-9-14(18)16-10-13-11-19-15(17-13)12-7-5-4-6-8-12/h4-8,11H,2-3,9-10H2,1H3,(H,16,18). The highest BCUT2D eigenvalue weighted by atomic mass is 32.1. The van der Waals surface area contributed by atoms with Crippen molar-refractivity contribution in [3.05, 3.63) is 41.4 Å². The van der Waals surface area contributed by atoms with E-state index in [1.807, 2.05) is 35.7 Å². The molecule has 1 aromatic carbocycles. The topological polar surface area (TPSA) is 42.0 Å². The number of nitrogens with zero attached hydrogens (tertiary/aromatic N) is 1. The van der Waals surface area contributed by atoms with Crippen LogP contribution in [0.3, 0.4) is 0 Å². The number of unbranched alkanes of at least 4 members (excludes halogenated alkanes) is 1. The van der Waals surface area contributed by atoms with Crippen molar-refractivity contribution in [3.8, 4) is 10.6 Å². The second-order valence-corrected chi connectivity index (χ2v) is 5.25. The Hall–Kier alpha value is -1.68. The summed E-state index contributed by atoms with van der Waals surface area (Å²) in [6.45, 7) is 2.60. The molecule has 19 heavy (non-hydrogen) atoms. The van der Waals surface area contributed by atoms with Gasteiger partial charge in [-0.1, -0.05) is 43.7 Å². The molecule has 0 bridgehead atoms. The lowest BCUT2D eigenvalue weighted by atomic mass is 10.2. The number of amides is 1. The maximum Gasteiger partial charge on any atom is 0.220 e. The summed E-state index contributed by atoms with van der Waals surface area (Å²) in [5, 5.41) is 5.90. The summed E-state index contributed by atoms with van der Waals surface area (Å²) in [6, 6.07) is 10.1. The van der Waals surface area contributed by atoms with Gasteiger partial charge in [-0.2, -0.15) is 0 Å². The number of carbonyl (C=O) groups excluding carboxylic acids is 1. The Balaban J connectivity index is 1.90.